The van der Waals surface area contributed by atoms with E-state index in [4.69, 9.17) is 5.73 Å². The fourth-order valence-electron chi connectivity index (χ4n) is 1.67. The van der Waals surface area contributed by atoms with Crippen LogP contribution < -0.4 is 5.73 Å². The van der Waals surface area contributed by atoms with Crippen LogP contribution in [0.25, 0.3) is 16.6 Å². The van der Waals surface area contributed by atoms with Crippen molar-refractivity contribution < 1.29 is 0 Å². The second kappa shape index (κ2) is 3.81. The predicted octanol–water partition coefficient (Wildman–Crippen LogP) is 2.16. The summed E-state index contributed by atoms with van der Waals surface area (Å²) < 4.78 is 0.940. The molecule has 0 unspecified atom stereocenters. The van der Waals surface area contributed by atoms with Gasteiger partial charge in [-0.25, -0.2) is 0 Å². The van der Waals surface area contributed by atoms with Crippen molar-refractivity contribution in [3.05, 3.63) is 41.1 Å². The van der Waals surface area contributed by atoms with Crippen molar-refractivity contribution in [3.8, 4) is 5.69 Å². The van der Waals surface area contributed by atoms with Gasteiger partial charge in [0.2, 0.25) is 0 Å². The van der Waals surface area contributed by atoms with Crippen LogP contribution in [0.1, 0.15) is 0 Å². The zero-order valence-electron chi connectivity index (χ0n) is 8.71. The van der Waals surface area contributed by atoms with Gasteiger partial charge in [-0.15, -0.1) is 9.90 Å². The molecule has 2 aromatic heterocycles. The van der Waals surface area contributed by atoms with Gasteiger partial charge in [0.25, 0.3) is 0 Å². The van der Waals surface area contributed by atoms with Crippen molar-refractivity contribution >= 4 is 32.7 Å². The summed E-state index contributed by atoms with van der Waals surface area (Å²) in [6.07, 6.45) is 3.26. The fourth-order valence-corrected chi connectivity index (χ4v) is 2.02. The van der Waals surface area contributed by atoms with Gasteiger partial charge in [-0.05, 0) is 28.1 Å². The van der Waals surface area contributed by atoms with E-state index < -0.39 is 0 Å². The molecule has 0 atom stereocenters. The summed E-state index contributed by atoms with van der Waals surface area (Å²) in [5.74, 6) is 0.388. The van der Waals surface area contributed by atoms with Crippen LogP contribution in [0.4, 0.5) is 5.82 Å². The molecule has 0 radical (unpaired) electrons. The predicted molar refractivity (Wildman–Crippen MR) is 68.8 cm³/mol. The summed E-state index contributed by atoms with van der Waals surface area (Å²) in [7, 11) is 0. The zero-order chi connectivity index (χ0) is 11.8. The number of nitrogens with two attached hydrogens (primary N) is 1. The molecule has 0 saturated carbocycles. The lowest BCUT2D eigenvalue weighted by Crippen LogP contribution is -2.01. The summed E-state index contributed by atoms with van der Waals surface area (Å²) in [5, 5.41) is 9.19. The molecule has 3 rings (SSSR count). The molecule has 1 aromatic carbocycles. The van der Waals surface area contributed by atoms with E-state index in [1.165, 1.54) is 11.0 Å². The Hall–Kier alpha value is -1.95. The van der Waals surface area contributed by atoms with Crippen LogP contribution >= 0.6 is 15.9 Å². The lowest BCUT2D eigenvalue weighted by atomic mass is 10.2. The standard InChI is InChI=1S/C11H8BrN5/c12-8-4-7-2-1-3-9(11(7)14-5-8)17-15-6-10(13)16-17/h1-6H,(H2,13,16). The van der Waals surface area contributed by atoms with Crippen LogP contribution in [-0.4, -0.2) is 20.0 Å². The van der Waals surface area contributed by atoms with Crippen LogP contribution in [0.3, 0.4) is 0 Å². The molecule has 0 amide bonds. The summed E-state index contributed by atoms with van der Waals surface area (Å²) >= 11 is 3.40. The molecule has 3 aromatic rings. The van der Waals surface area contributed by atoms with Crippen LogP contribution in [0.5, 0.6) is 0 Å². The largest absolute Gasteiger partial charge is 0.381 e. The first-order valence-corrected chi connectivity index (χ1v) is 5.76. The summed E-state index contributed by atoms with van der Waals surface area (Å²) in [6, 6.07) is 7.83. The number of para-hydroxylation sites is 1. The molecule has 17 heavy (non-hydrogen) atoms. The number of nitrogens with zero attached hydrogens (tertiary/aromatic N) is 4. The lowest BCUT2D eigenvalue weighted by molar-refractivity contribution is 0.758. The van der Waals surface area contributed by atoms with E-state index in [2.05, 4.69) is 31.1 Å². The highest BCUT2D eigenvalue weighted by molar-refractivity contribution is 9.10. The highest BCUT2D eigenvalue weighted by atomic mass is 79.9. The first-order chi connectivity index (χ1) is 8.24. The van der Waals surface area contributed by atoms with Gasteiger partial charge >= 0.3 is 0 Å². The molecule has 0 spiro atoms. The molecular weight excluding hydrogens is 282 g/mol. The van der Waals surface area contributed by atoms with Crippen LogP contribution in [0, 0.1) is 0 Å². The minimum absolute atomic E-state index is 0.388. The monoisotopic (exact) mass is 289 g/mol. The fraction of sp³-hybridized carbons (Fsp3) is 0. The Bertz CT molecular complexity index is 691. The van der Waals surface area contributed by atoms with Crippen molar-refractivity contribution in [1.29, 1.82) is 0 Å². The highest BCUT2D eigenvalue weighted by Gasteiger charge is 2.06. The average molecular weight is 290 g/mol. The molecule has 0 saturated heterocycles. The zero-order valence-corrected chi connectivity index (χ0v) is 10.3. The van der Waals surface area contributed by atoms with E-state index in [-0.39, 0.29) is 0 Å². The molecule has 2 heterocycles. The minimum Gasteiger partial charge on any atom is -0.381 e. The van der Waals surface area contributed by atoms with Crippen LogP contribution in [0.15, 0.2) is 41.1 Å². The summed E-state index contributed by atoms with van der Waals surface area (Å²) in [6.45, 7) is 0. The summed E-state index contributed by atoms with van der Waals surface area (Å²) in [4.78, 5) is 5.86. The van der Waals surface area contributed by atoms with E-state index >= 15 is 0 Å². The van der Waals surface area contributed by atoms with E-state index in [1.54, 1.807) is 6.20 Å². The topological polar surface area (TPSA) is 69.6 Å². The molecule has 0 fully saturated rings. The highest BCUT2D eigenvalue weighted by Crippen LogP contribution is 2.22. The molecule has 6 heteroatoms. The molecule has 0 aliphatic carbocycles. The average Bonchev–Trinajstić information content (AvgIpc) is 2.74. The van der Waals surface area contributed by atoms with Crippen molar-refractivity contribution in [2.45, 2.75) is 0 Å². The van der Waals surface area contributed by atoms with Gasteiger partial charge in [0.05, 0.1) is 11.7 Å². The quantitative estimate of drug-likeness (QED) is 0.745. The second-order valence-corrected chi connectivity index (χ2v) is 4.48. The van der Waals surface area contributed by atoms with Crippen molar-refractivity contribution in [1.82, 2.24) is 20.0 Å². The summed E-state index contributed by atoms with van der Waals surface area (Å²) in [5.41, 5.74) is 7.21. The number of fused-ring (bicyclic) bond motifs is 1. The first kappa shape index (κ1) is 10.2. The minimum atomic E-state index is 0.388. The SMILES string of the molecule is Nc1cnn(-c2cccc3cc(Br)cnc23)n1. The smallest absolute Gasteiger partial charge is 0.166 e. The second-order valence-electron chi connectivity index (χ2n) is 3.56. The molecule has 0 aliphatic heterocycles. The van der Waals surface area contributed by atoms with Crippen molar-refractivity contribution in [2.75, 3.05) is 5.73 Å². The number of nitrogen functional groups attached to an aromatic ring is 1. The maximum absolute atomic E-state index is 5.56. The van der Waals surface area contributed by atoms with Crippen LogP contribution in [0.2, 0.25) is 0 Å². The Labute approximate surface area is 105 Å². The van der Waals surface area contributed by atoms with Gasteiger partial charge in [-0.1, -0.05) is 12.1 Å². The number of aromatic nitrogens is 4. The van der Waals surface area contributed by atoms with Gasteiger partial charge in [0, 0.05) is 16.1 Å². The van der Waals surface area contributed by atoms with Crippen molar-refractivity contribution in [3.63, 3.8) is 0 Å². The maximum atomic E-state index is 5.56. The lowest BCUT2D eigenvalue weighted by Gasteiger charge is -2.04. The third-order valence-electron chi connectivity index (χ3n) is 2.38. The Morgan fingerprint density at radius 2 is 2.12 bits per heavy atom. The van der Waals surface area contributed by atoms with E-state index in [9.17, 15) is 0 Å². The van der Waals surface area contributed by atoms with Gasteiger partial charge in [0.15, 0.2) is 5.82 Å². The van der Waals surface area contributed by atoms with Gasteiger partial charge < -0.3 is 5.73 Å². The number of benzene rings is 1. The number of hydrogen-bond donors (Lipinski definition) is 1. The molecule has 0 bridgehead atoms. The van der Waals surface area contributed by atoms with Gasteiger partial charge in [-0.3, -0.25) is 4.98 Å². The van der Waals surface area contributed by atoms with E-state index in [1.807, 2.05) is 24.3 Å². The maximum Gasteiger partial charge on any atom is 0.166 e. The molecule has 5 nitrogen and oxygen atoms in total. The van der Waals surface area contributed by atoms with Gasteiger partial charge in [-0.2, -0.15) is 5.10 Å². The number of rotatable bonds is 1. The van der Waals surface area contributed by atoms with Gasteiger partial charge in [0.1, 0.15) is 5.69 Å². The Balaban J connectivity index is 2.30. The number of halogens is 1. The number of pyridine rings is 1. The normalized spacial score (nSPS) is 10.9. The molecular formula is C11H8BrN5. The molecule has 84 valence electrons. The van der Waals surface area contributed by atoms with E-state index in [0.29, 0.717) is 5.82 Å². The Morgan fingerprint density at radius 1 is 1.24 bits per heavy atom. The van der Waals surface area contributed by atoms with Crippen LogP contribution in [-0.2, 0) is 0 Å². The number of anilines is 1. The number of hydrogen-bond acceptors (Lipinski definition) is 4. The molecule has 2 N–H and O–H groups in total. The Kier molecular flexibility index (Phi) is 2.29. The first-order valence-electron chi connectivity index (χ1n) is 4.96. The Morgan fingerprint density at radius 3 is 2.88 bits per heavy atom. The third-order valence-corrected chi connectivity index (χ3v) is 2.82. The molecule has 0 aliphatic rings. The van der Waals surface area contributed by atoms with E-state index in [0.717, 1.165) is 21.1 Å². The van der Waals surface area contributed by atoms with Crippen molar-refractivity contribution in [2.24, 2.45) is 0 Å². The third kappa shape index (κ3) is 1.76.